The first-order valence-corrected chi connectivity index (χ1v) is 6.12. The number of anilines is 2. The Balaban J connectivity index is 2.14. The molecule has 0 unspecified atom stereocenters. The SMILES string of the molecule is CN(Cc1cccc(Br)c1)c1cccc(N)n1. The van der Waals surface area contributed by atoms with Crippen molar-refractivity contribution in [3.05, 3.63) is 52.5 Å². The third-order valence-corrected chi connectivity index (χ3v) is 2.95. The van der Waals surface area contributed by atoms with Gasteiger partial charge >= 0.3 is 0 Å². The van der Waals surface area contributed by atoms with Gasteiger partial charge in [0.1, 0.15) is 11.6 Å². The van der Waals surface area contributed by atoms with E-state index in [0.717, 1.165) is 16.8 Å². The molecule has 1 aromatic carbocycles. The number of hydrogen-bond acceptors (Lipinski definition) is 3. The first kappa shape index (κ1) is 11.9. The van der Waals surface area contributed by atoms with Gasteiger partial charge < -0.3 is 10.6 Å². The third-order valence-electron chi connectivity index (χ3n) is 2.46. The second-order valence-electron chi connectivity index (χ2n) is 3.91. The second kappa shape index (κ2) is 5.19. The third kappa shape index (κ3) is 3.20. The Morgan fingerprint density at radius 1 is 1.24 bits per heavy atom. The molecule has 1 aromatic heterocycles. The number of halogens is 1. The number of nitrogens with two attached hydrogens (primary N) is 1. The average molecular weight is 292 g/mol. The van der Waals surface area contributed by atoms with Crippen LogP contribution >= 0.6 is 15.9 Å². The van der Waals surface area contributed by atoms with Gasteiger partial charge in [-0.3, -0.25) is 0 Å². The number of benzene rings is 1. The zero-order valence-corrected chi connectivity index (χ0v) is 11.2. The van der Waals surface area contributed by atoms with Gasteiger partial charge in [-0.2, -0.15) is 0 Å². The van der Waals surface area contributed by atoms with Gasteiger partial charge in [0.15, 0.2) is 0 Å². The summed E-state index contributed by atoms with van der Waals surface area (Å²) in [6.45, 7) is 0.801. The van der Waals surface area contributed by atoms with Crippen LogP contribution in [0.1, 0.15) is 5.56 Å². The Morgan fingerprint density at radius 3 is 2.71 bits per heavy atom. The van der Waals surface area contributed by atoms with Crippen LogP contribution in [-0.4, -0.2) is 12.0 Å². The van der Waals surface area contributed by atoms with E-state index in [1.165, 1.54) is 5.56 Å². The van der Waals surface area contributed by atoms with Crippen molar-refractivity contribution in [2.75, 3.05) is 17.7 Å². The van der Waals surface area contributed by atoms with Gasteiger partial charge in [-0.15, -0.1) is 0 Å². The van der Waals surface area contributed by atoms with Crippen molar-refractivity contribution in [2.24, 2.45) is 0 Å². The van der Waals surface area contributed by atoms with E-state index in [4.69, 9.17) is 5.73 Å². The Morgan fingerprint density at radius 2 is 2.00 bits per heavy atom. The van der Waals surface area contributed by atoms with E-state index in [9.17, 15) is 0 Å². The summed E-state index contributed by atoms with van der Waals surface area (Å²) in [6, 6.07) is 13.9. The van der Waals surface area contributed by atoms with E-state index in [-0.39, 0.29) is 0 Å². The highest BCUT2D eigenvalue weighted by molar-refractivity contribution is 9.10. The molecule has 4 heteroatoms. The van der Waals surface area contributed by atoms with Crippen LogP contribution in [0.2, 0.25) is 0 Å². The first-order valence-electron chi connectivity index (χ1n) is 5.33. The summed E-state index contributed by atoms with van der Waals surface area (Å²) in [5.41, 5.74) is 6.90. The maximum Gasteiger partial charge on any atom is 0.130 e. The van der Waals surface area contributed by atoms with E-state index < -0.39 is 0 Å². The Kier molecular flexibility index (Phi) is 3.64. The first-order chi connectivity index (χ1) is 8.15. The quantitative estimate of drug-likeness (QED) is 0.945. The number of nitrogen functional groups attached to an aromatic ring is 1. The number of pyridine rings is 1. The smallest absolute Gasteiger partial charge is 0.130 e. The minimum Gasteiger partial charge on any atom is -0.384 e. The summed E-state index contributed by atoms with van der Waals surface area (Å²) in [6.07, 6.45) is 0. The van der Waals surface area contributed by atoms with Crippen molar-refractivity contribution in [3.8, 4) is 0 Å². The Bertz CT molecular complexity index is 514. The van der Waals surface area contributed by atoms with Crippen molar-refractivity contribution in [1.29, 1.82) is 0 Å². The minimum atomic E-state index is 0.545. The highest BCUT2D eigenvalue weighted by atomic mass is 79.9. The molecule has 2 rings (SSSR count). The molecule has 2 N–H and O–H groups in total. The van der Waals surface area contributed by atoms with Gasteiger partial charge in [0.25, 0.3) is 0 Å². The van der Waals surface area contributed by atoms with Crippen LogP contribution in [-0.2, 0) is 6.54 Å². The molecule has 0 atom stereocenters. The summed E-state index contributed by atoms with van der Waals surface area (Å²) < 4.78 is 1.09. The molecule has 0 radical (unpaired) electrons. The maximum absolute atomic E-state index is 5.67. The molecule has 0 spiro atoms. The lowest BCUT2D eigenvalue weighted by Gasteiger charge is -2.18. The van der Waals surface area contributed by atoms with Crippen molar-refractivity contribution >= 4 is 27.6 Å². The lowest BCUT2D eigenvalue weighted by molar-refractivity contribution is 0.899. The highest BCUT2D eigenvalue weighted by Gasteiger charge is 2.03. The Hall–Kier alpha value is -1.55. The fraction of sp³-hybridized carbons (Fsp3) is 0.154. The standard InChI is InChI=1S/C13H14BrN3/c1-17(13-7-3-6-12(15)16-13)9-10-4-2-5-11(14)8-10/h2-8H,9H2,1H3,(H2,15,16). The molecule has 0 aliphatic carbocycles. The molecule has 0 amide bonds. The van der Waals surface area contributed by atoms with E-state index in [1.807, 2.05) is 31.3 Å². The normalized spacial score (nSPS) is 10.2. The fourth-order valence-corrected chi connectivity index (χ4v) is 2.09. The molecule has 0 saturated carbocycles. The molecule has 0 aliphatic heterocycles. The van der Waals surface area contributed by atoms with Gasteiger partial charge in [0.2, 0.25) is 0 Å². The molecule has 0 aliphatic rings. The fourth-order valence-electron chi connectivity index (χ4n) is 1.64. The van der Waals surface area contributed by atoms with Gasteiger partial charge in [0, 0.05) is 18.1 Å². The lowest BCUT2D eigenvalue weighted by atomic mass is 10.2. The molecule has 1 heterocycles. The monoisotopic (exact) mass is 291 g/mol. The molecule has 0 saturated heterocycles. The van der Waals surface area contributed by atoms with Crippen LogP contribution in [0.25, 0.3) is 0 Å². The summed E-state index contributed by atoms with van der Waals surface area (Å²) in [7, 11) is 2.00. The molecule has 88 valence electrons. The minimum absolute atomic E-state index is 0.545. The maximum atomic E-state index is 5.67. The van der Waals surface area contributed by atoms with E-state index in [0.29, 0.717) is 5.82 Å². The molecule has 0 bridgehead atoms. The lowest BCUT2D eigenvalue weighted by Crippen LogP contribution is -2.17. The topological polar surface area (TPSA) is 42.1 Å². The zero-order valence-electron chi connectivity index (χ0n) is 9.60. The molecular formula is C13H14BrN3. The predicted octanol–water partition coefficient (Wildman–Crippen LogP) is 3.06. The van der Waals surface area contributed by atoms with Crippen molar-refractivity contribution in [3.63, 3.8) is 0 Å². The van der Waals surface area contributed by atoms with Gasteiger partial charge in [0.05, 0.1) is 0 Å². The molecule has 2 aromatic rings. The number of nitrogens with zero attached hydrogens (tertiary/aromatic N) is 2. The van der Waals surface area contributed by atoms with Gasteiger partial charge in [-0.05, 0) is 29.8 Å². The summed E-state index contributed by atoms with van der Waals surface area (Å²) in [5, 5.41) is 0. The molecule has 0 fully saturated rings. The molecule has 3 nitrogen and oxygen atoms in total. The summed E-state index contributed by atoms with van der Waals surface area (Å²) in [5.74, 6) is 1.42. The van der Waals surface area contributed by atoms with Crippen LogP contribution in [0.3, 0.4) is 0 Å². The van der Waals surface area contributed by atoms with Crippen LogP contribution in [0, 0.1) is 0 Å². The van der Waals surface area contributed by atoms with Crippen LogP contribution < -0.4 is 10.6 Å². The van der Waals surface area contributed by atoms with Crippen molar-refractivity contribution in [2.45, 2.75) is 6.54 Å². The van der Waals surface area contributed by atoms with Crippen LogP contribution in [0.5, 0.6) is 0 Å². The van der Waals surface area contributed by atoms with Gasteiger partial charge in [-0.1, -0.05) is 34.1 Å². The number of hydrogen-bond donors (Lipinski definition) is 1. The summed E-state index contributed by atoms with van der Waals surface area (Å²) in [4.78, 5) is 6.35. The average Bonchev–Trinajstić information content (AvgIpc) is 2.29. The van der Waals surface area contributed by atoms with Crippen LogP contribution in [0.4, 0.5) is 11.6 Å². The van der Waals surface area contributed by atoms with E-state index in [2.05, 4.69) is 37.9 Å². The summed E-state index contributed by atoms with van der Waals surface area (Å²) >= 11 is 3.47. The van der Waals surface area contributed by atoms with Crippen molar-refractivity contribution < 1.29 is 0 Å². The van der Waals surface area contributed by atoms with Gasteiger partial charge in [-0.25, -0.2) is 4.98 Å². The predicted molar refractivity (Wildman–Crippen MR) is 74.9 cm³/mol. The molecule has 17 heavy (non-hydrogen) atoms. The largest absolute Gasteiger partial charge is 0.384 e. The van der Waals surface area contributed by atoms with E-state index >= 15 is 0 Å². The Labute approximate surface area is 109 Å². The second-order valence-corrected chi connectivity index (χ2v) is 4.82. The van der Waals surface area contributed by atoms with Crippen LogP contribution in [0.15, 0.2) is 46.9 Å². The molecular weight excluding hydrogens is 278 g/mol. The zero-order chi connectivity index (χ0) is 12.3. The van der Waals surface area contributed by atoms with Crippen molar-refractivity contribution in [1.82, 2.24) is 4.98 Å². The number of rotatable bonds is 3. The highest BCUT2D eigenvalue weighted by Crippen LogP contribution is 2.16. The van der Waals surface area contributed by atoms with E-state index in [1.54, 1.807) is 6.07 Å². The number of aromatic nitrogens is 1.